The zero-order valence-electron chi connectivity index (χ0n) is 15.6. The summed E-state index contributed by atoms with van der Waals surface area (Å²) >= 11 is 1.29. The highest BCUT2D eigenvalue weighted by Crippen LogP contribution is 2.37. The number of aryl methyl sites for hydroxylation is 2. The molecule has 2 aromatic rings. The van der Waals surface area contributed by atoms with Gasteiger partial charge in [-0.05, 0) is 37.5 Å². The number of anilines is 1. The number of hydrogen-bond acceptors (Lipinski definition) is 6. The molecule has 1 aromatic carbocycles. The molecule has 0 radical (unpaired) electrons. The molecule has 3 rings (SSSR count). The number of amides is 2. The molecule has 8 heteroatoms. The van der Waals surface area contributed by atoms with Crippen LogP contribution in [-0.4, -0.2) is 33.5 Å². The lowest BCUT2D eigenvalue weighted by molar-refractivity contribution is -0.120. The van der Waals surface area contributed by atoms with Crippen molar-refractivity contribution in [3.05, 3.63) is 41.5 Å². The predicted molar refractivity (Wildman–Crippen MR) is 104 cm³/mol. The predicted octanol–water partition coefficient (Wildman–Crippen LogP) is 2.94. The van der Waals surface area contributed by atoms with Crippen molar-refractivity contribution in [1.29, 1.82) is 0 Å². The number of carbonyl (C=O) groups excluding carboxylic acids is 2. The fourth-order valence-corrected chi connectivity index (χ4v) is 3.95. The van der Waals surface area contributed by atoms with Crippen LogP contribution in [0.4, 0.5) is 5.69 Å². The van der Waals surface area contributed by atoms with E-state index in [-0.39, 0.29) is 23.3 Å². The molecule has 1 aliphatic rings. The summed E-state index contributed by atoms with van der Waals surface area (Å²) in [5, 5.41) is 9.93. The molecular formula is C19H24N4O3S. The summed E-state index contributed by atoms with van der Waals surface area (Å²) in [6.45, 7) is 3.71. The summed E-state index contributed by atoms with van der Waals surface area (Å²) < 4.78 is 5.09. The van der Waals surface area contributed by atoms with Crippen molar-refractivity contribution < 1.29 is 14.1 Å². The van der Waals surface area contributed by atoms with Crippen molar-refractivity contribution in [2.75, 3.05) is 16.8 Å². The monoisotopic (exact) mass is 388 g/mol. The van der Waals surface area contributed by atoms with Crippen LogP contribution in [0.5, 0.6) is 0 Å². The highest BCUT2D eigenvalue weighted by atomic mass is 32.2. The second-order valence-electron chi connectivity index (χ2n) is 6.88. The number of carbonyl (C=O) groups is 2. The quantitative estimate of drug-likeness (QED) is 0.757. The summed E-state index contributed by atoms with van der Waals surface area (Å²) in [6.07, 6.45) is 3.63. The van der Waals surface area contributed by atoms with E-state index in [4.69, 9.17) is 4.52 Å². The number of hydrogen-bond donors (Lipinski definition) is 2. The van der Waals surface area contributed by atoms with E-state index >= 15 is 0 Å². The van der Waals surface area contributed by atoms with Gasteiger partial charge in [-0.2, -0.15) is 4.98 Å². The number of thioether (sulfide) groups is 1. The number of aromatic nitrogens is 2. The molecule has 0 unspecified atom stereocenters. The topological polar surface area (TPSA) is 97.1 Å². The number of benzene rings is 1. The van der Waals surface area contributed by atoms with Crippen LogP contribution in [0.15, 0.2) is 28.8 Å². The van der Waals surface area contributed by atoms with Gasteiger partial charge < -0.3 is 15.2 Å². The third-order valence-corrected chi connectivity index (χ3v) is 5.49. The molecule has 0 atom stereocenters. The highest BCUT2D eigenvalue weighted by molar-refractivity contribution is 8.00. The minimum absolute atomic E-state index is 0.118. The third-order valence-electron chi connectivity index (χ3n) is 4.56. The Labute approximate surface area is 162 Å². The lowest BCUT2D eigenvalue weighted by Crippen LogP contribution is -2.45. The molecule has 0 spiro atoms. The van der Waals surface area contributed by atoms with E-state index in [1.54, 1.807) is 6.92 Å². The van der Waals surface area contributed by atoms with Gasteiger partial charge in [-0.3, -0.25) is 9.59 Å². The van der Waals surface area contributed by atoms with Crippen LogP contribution in [0.3, 0.4) is 0 Å². The molecule has 0 aliphatic heterocycles. The molecule has 1 aliphatic carbocycles. The summed E-state index contributed by atoms with van der Waals surface area (Å²) in [5.41, 5.74) is 1.31. The molecule has 1 fully saturated rings. The molecular weight excluding hydrogens is 364 g/mol. The Morgan fingerprint density at radius 1 is 1.19 bits per heavy atom. The van der Waals surface area contributed by atoms with E-state index in [0.29, 0.717) is 11.7 Å². The Bertz CT molecular complexity index is 815. The van der Waals surface area contributed by atoms with Crippen LogP contribution < -0.4 is 10.6 Å². The van der Waals surface area contributed by atoms with Gasteiger partial charge in [0.15, 0.2) is 5.82 Å². The van der Waals surface area contributed by atoms with E-state index in [9.17, 15) is 9.59 Å². The lowest BCUT2D eigenvalue weighted by Gasteiger charge is -2.26. The average molecular weight is 388 g/mol. The largest absolute Gasteiger partial charge is 0.343 e. The molecule has 27 heavy (non-hydrogen) atoms. The Morgan fingerprint density at radius 2 is 1.93 bits per heavy atom. The number of nitrogens with one attached hydrogen (secondary N) is 2. The summed E-state index contributed by atoms with van der Waals surface area (Å²) in [7, 11) is 0. The Hall–Kier alpha value is -2.35. The molecule has 0 saturated heterocycles. The maximum Gasteiger partial charge on any atom is 0.234 e. The Balaban J connectivity index is 1.48. The van der Waals surface area contributed by atoms with Gasteiger partial charge in [-0.1, -0.05) is 30.1 Å². The van der Waals surface area contributed by atoms with E-state index in [2.05, 4.69) is 20.8 Å². The maximum atomic E-state index is 12.4. The number of nitrogens with zero attached hydrogens (tertiary/aromatic N) is 2. The minimum atomic E-state index is -0.542. The van der Waals surface area contributed by atoms with Crippen molar-refractivity contribution in [3.63, 3.8) is 0 Å². The normalized spacial score (nSPS) is 15.5. The molecule has 2 N–H and O–H groups in total. The second kappa shape index (κ2) is 8.56. The van der Waals surface area contributed by atoms with Gasteiger partial charge in [0, 0.05) is 12.6 Å². The second-order valence-corrected chi connectivity index (χ2v) is 7.87. The van der Waals surface area contributed by atoms with E-state index in [0.717, 1.165) is 36.9 Å². The average Bonchev–Trinajstić information content (AvgIpc) is 3.25. The first-order valence-corrected chi connectivity index (χ1v) is 10.2. The fourth-order valence-electron chi connectivity index (χ4n) is 3.34. The summed E-state index contributed by atoms with van der Waals surface area (Å²) in [6, 6.07) is 7.62. The summed E-state index contributed by atoms with van der Waals surface area (Å²) in [4.78, 5) is 28.8. The van der Waals surface area contributed by atoms with Gasteiger partial charge in [0.2, 0.25) is 17.7 Å². The molecule has 2 amide bonds. The van der Waals surface area contributed by atoms with E-state index < -0.39 is 5.54 Å². The van der Waals surface area contributed by atoms with Crippen LogP contribution in [0, 0.1) is 13.8 Å². The van der Waals surface area contributed by atoms with E-state index in [1.165, 1.54) is 11.8 Å². The third kappa shape index (κ3) is 5.09. The SMILES string of the molecule is Cc1cccc(NC(=O)CSCC(=O)NC2(c3noc(C)n3)CCCC2)c1. The fraction of sp³-hybridized carbons (Fsp3) is 0.474. The van der Waals surface area contributed by atoms with Crippen molar-refractivity contribution in [1.82, 2.24) is 15.5 Å². The standard InChI is InChI=1S/C19H24N4O3S/c1-13-6-5-7-15(10-13)21-16(24)11-27-12-17(25)22-19(8-3-4-9-19)18-20-14(2)26-23-18/h5-7,10H,3-4,8-9,11-12H2,1-2H3,(H,21,24)(H,22,25). The molecule has 1 aromatic heterocycles. The van der Waals surface area contributed by atoms with Crippen LogP contribution in [-0.2, 0) is 15.1 Å². The first-order valence-electron chi connectivity index (χ1n) is 9.03. The van der Waals surface area contributed by atoms with Crippen molar-refractivity contribution in [2.24, 2.45) is 0 Å². The zero-order chi connectivity index (χ0) is 19.3. The lowest BCUT2D eigenvalue weighted by atomic mass is 9.96. The van der Waals surface area contributed by atoms with Crippen molar-refractivity contribution >= 4 is 29.3 Å². The van der Waals surface area contributed by atoms with Crippen molar-refractivity contribution in [3.8, 4) is 0 Å². The molecule has 7 nitrogen and oxygen atoms in total. The van der Waals surface area contributed by atoms with Crippen LogP contribution in [0.2, 0.25) is 0 Å². The minimum Gasteiger partial charge on any atom is -0.343 e. The molecule has 0 bridgehead atoms. The van der Waals surface area contributed by atoms with Crippen molar-refractivity contribution in [2.45, 2.75) is 45.1 Å². The highest BCUT2D eigenvalue weighted by Gasteiger charge is 2.41. The first-order chi connectivity index (χ1) is 13.0. The van der Waals surface area contributed by atoms with Gasteiger partial charge >= 0.3 is 0 Å². The Morgan fingerprint density at radius 3 is 2.59 bits per heavy atom. The van der Waals surface area contributed by atoms with Crippen LogP contribution in [0.1, 0.15) is 43.0 Å². The maximum absolute atomic E-state index is 12.4. The molecule has 1 saturated carbocycles. The van der Waals surface area contributed by atoms with Gasteiger partial charge in [-0.15, -0.1) is 11.8 Å². The molecule has 144 valence electrons. The molecule has 1 heterocycles. The Kier molecular flexibility index (Phi) is 6.15. The zero-order valence-corrected chi connectivity index (χ0v) is 16.4. The van der Waals surface area contributed by atoms with Gasteiger partial charge in [0.1, 0.15) is 5.54 Å². The van der Waals surface area contributed by atoms with Gasteiger partial charge in [0.05, 0.1) is 11.5 Å². The van der Waals surface area contributed by atoms with Gasteiger partial charge in [-0.25, -0.2) is 0 Å². The smallest absolute Gasteiger partial charge is 0.234 e. The van der Waals surface area contributed by atoms with Crippen LogP contribution >= 0.6 is 11.8 Å². The van der Waals surface area contributed by atoms with Gasteiger partial charge in [0.25, 0.3) is 0 Å². The first kappa shape index (κ1) is 19.4. The van der Waals surface area contributed by atoms with E-state index in [1.807, 2.05) is 31.2 Å². The summed E-state index contributed by atoms with van der Waals surface area (Å²) in [5.74, 6) is 1.23. The van der Waals surface area contributed by atoms with Crippen LogP contribution in [0.25, 0.3) is 0 Å². The number of rotatable bonds is 7.